The van der Waals surface area contributed by atoms with Crippen molar-refractivity contribution in [2.45, 2.75) is 32.4 Å². The van der Waals surface area contributed by atoms with Crippen LogP contribution < -0.4 is 11.2 Å². The van der Waals surface area contributed by atoms with Crippen molar-refractivity contribution >= 4 is 38.4 Å². The number of hydrogen-bond acceptors (Lipinski definition) is 7. The molecule has 10 heteroatoms. The first-order valence-electron chi connectivity index (χ1n) is 11.0. The molecule has 5 rings (SSSR count). The molecule has 1 aliphatic rings. The molecule has 3 aromatic heterocycles. The third-order valence-corrected chi connectivity index (χ3v) is 7.23. The number of aromatic nitrogens is 3. The van der Waals surface area contributed by atoms with Crippen LogP contribution in [0.4, 0.5) is 0 Å². The smallest absolute Gasteiger partial charge is 0.332 e. The number of nitrogens with zero attached hydrogens (tertiary/aromatic N) is 4. The number of thiophene rings is 1. The topological polar surface area (TPSA) is 107 Å². The van der Waals surface area contributed by atoms with Gasteiger partial charge in [-0.3, -0.25) is 28.5 Å². The molecule has 0 radical (unpaired) electrons. The first kappa shape index (κ1) is 22.5. The molecule has 1 amide bonds. The van der Waals surface area contributed by atoms with Crippen LogP contribution in [0.3, 0.4) is 0 Å². The Hall–Kier alpha value is -3.34. The molecular formula is C24H24N4O5S. The fraction of sp³-hybridized carbons (Fsp3) is 0.333. The van der Waals surface area contributed by atoms with Gasteiger partial charge in [0.25, 0.3) is 11.5 Å². The number of carbonyl (C=O) groups is 1. The highest BCUT2D eigenvalue weighted by molar-refractivity contribution is 7.19. The summed E-state index contributed by atoms with van der Waals surface area (Å²) in [7, 11) is 1.42. The van der Waals surface area contributed by atoms with E-state index in [9.17, 15) is 19.5 Å². The van der Waals surface area contributed by atoms with Gasteiger partial charge in [0.2, 0.25) is 0 Å². The van der Waals surface area contributed by atoms with Gasteiger partial charge in [-0.1, -0.05) is 18.2 Å². The maximum atomic E-state index is 13.6. The van der Waals surface area contributed by atoms with Gasteiger partial charge in [-0.15, -0.1) is 11.3 Å². The molecule has 4 aromatic rings. The normalized spacial score (nSPS) is 16.3. The van der Waals surface area contributed by atoms with Crippen LogP contribution in [-0.2, 0) is 18.3 Å². The summed E-state index contributed by atoms with van der Waals surface area (Å²) < 4.78 is 2.59. The van der Waals surface area contributed by atoms with Crippen LogP contribution in [0.25, 0.3) is 21.1 Å². The van der Waals surface area contributed by atoms with E-state index in [1.165, 1.54) is 18.4 Å². The first-order valence-corrected chi connectivity index (χ1v) is 11.8. The summed E-state index contributed by atoms with van der Waals surface area (Å²) in [5.74, 6) is -0.498. The molecule has 1 fully saturated rings. The van der Waals surface area contributed by atoms with E-state index in [0.717, 1.165) is 26.1 Å². The van der Waals surface area contributed by atoms with E-state index in [4.69, 9.17) is 4.84 Å². The van der Waals surface area contributed by atoms with Gasteiger partial charge in [-0.2, -0.15) is 0 Å². The largest absolute Gasteiger partial charge is 0.389 e. The molecule has 1 unspecified atom stereocenters. The third kappa shape index (κ3) is 3.54. The number of aliphatic hydroxyl groups is 1. The average Bonchev–Trinajstić information content (AvgIpc) is 3.41. The highest BCUT2D eigenvalue weighted by Gasteiger charge is 2.33. The van der Waals surface area contributed by atoms with Crippen molar-refractivity contribution in [3.63, 3.8) is 0 Å². The summed E-state index contributed by atoms with van der Waals surface area (Å²) in [6.07, 6.45) is 1.29. The fourth-order valence-electron chi connectivity index (χ4n) is 4.36. The number of pyridine rings is 1. The van der Waals surface area contributed by atoms with Crippen LogP contribution >= 0.6 is 11.3 Å². The van der Waals surface area contributed by atoms with Crippen LogP contribution in [0.15, 0.2) is 46.1 Å². The summed E-state index contributed by atoms with van der Waals surface area (Å²) >= 11 is 1.27. The van der Waals surface area contributed by atoms with Crippen molar-refractivity contribution in [2.24, 2.45) is 7.05 Å². The lowest BCUT2D eigenvalue weighted by atomic mass is 10.0. The molecule has 1 saturated heterocycles. The van der Waals surface area contributed by atoms with Crippen molar-refractivity contribution in [3.8, 4) is 0 Å². The Morgan fingerprint density at radius 1 is 1.26 bits per heavy atom. The second-order valence-corrected chi connectivity index (χ2v) is 9.75. The van der Waals surface area contributed by atoms with E-state index < -0.39 is 23.3 Å². The van der Waals surface area contributed by atoms with Gasteiger partial charge in [0.1, 0.15) is 17.5 Å². The first-order chi connectivity index (χ1) is 16.3. The lowest BCUT2D eigenvalue weighted by molar-refractivity contribution is -0.0778. The van der Waals surface area contributed by atoms with Gasteiger partial charge in [0, 0.05) is 36.0 Å². The quantitative estimate of drug-likeness (QED) is 0.480. The van der Waals surface area contributed by atoms with E-state index in [2.05, 4.69) is 4.98 Å². The van der Waals surface area contributed by atoms with Crippen molar-refractivity contribution in [3.05, 3.63) is 73.4 Å². The zero-order valence-electron chi connectivity index (χ0n) is 19.0. The highest BCUT2D eigenvalue weighted by atomic mass is 32.1. The highest BCUT2D eigenvalue weighted by Crippen LogP contribution is 2.34. The molecule has 176 valence electrons. The zero-order chi connectivity index (χ0) is 24.1. The Balaban J connectivity index is 1.79. The minimum absolute atomic E-state index is 0.00679. The monoisotopic (exact) mass is 480 g/mol. The maximum absolute atomic E-state index is 13.6. The molecule has 1 N–H and O–H groups in total. The van der Waals surface area contributed by atoms with Crippen LogP contribution in [0.5, 0.6) is 0 Å². The van der Waals surface area contributed by atoms with Gasteiger partial charge >= 0.3 is 5.69 Å². The number of benzene rings is 1. The van der Waals surface area contributed by atoms with E-state index in [0.29, 0.717) is 16.1 Å². The van der Waals surface area contributed by atoms with Crippen molar-refractivity contribution in [2.75, 3.05) is 13.2 Å². The molecular weight excluding hydrogens is 456 g/mol. The molecule has 0 bridgehead atoms. The standard InChI is InChI=1S/C24H24N4O5S/c1-13(2)28-23-20(21(30)26(3)24(28)32)19(22(31)27-11-15(29)12-33-27)18(34-23)10-14-8-9-25-17-7-5-4-6-16(14)17/h4-9,13,15,29H,10-12H2,1-3H3. The lowest BCUT2D eigenvalue weighted by Crippen LogP contribution is -2.39. The zero-order valence-corrected chi connectivity index (χ0v) is 19.8. The second-order valence-electron chi connectivity index (χ2n) is 8.67. The summed E-state index contributed by atoms with van der Waals surface area (Å²) in [5, 5.41) is 12.1. The number of carbonyl (C=O) groups excluding carboxylic acids is 1. The summed E-state index contributed by atoms with van der Waals surface area (Å²) in [5.41, 5.74) is 1.03. The van der Waals surface area contributed by atoms with E-state index in [1.54, 1.807) is 10.8 Å². The number of fused-ring (bicyclic) bond motifs is 2. The number of amides is 1. The molecule has 9 nitrogen and oxygen atoms in total. The minimum atomic E-state index is -0.793. The van der Waals surface area contributed by atoms with E-state index in [-0.39, 0.29) is 30.1 Å². The Morgan fingerprint density at radius 2 is 2.03 bits per heavy atom. The van der Waals surface area contributed by atoms with Crippen molar-refractivity contribution in [1.29, 1.82) is 0 Å². The Labute approximate surface area is 198 Å². The predicted molar refractivity (Wildman–Crippen MR) is 129 cm³/mol. The van der Waals surface area contributed by atoms with Crippen LogP contribution in [0.1, 0.15) is 40.7 Å². The summed E-state index contributed by atoms with van der Waals surface area (Å²) in [4.78, 5) is 50.8. The third-order valence-electron chi connectivity index (χ3n) is 6.04. The molecule has 0 aliphatic carbocycles. The summed E-state index contributed by atoms with van der Waals surface area (Å²) in [6, 6.07) is 9.40. The molecule has 1 atom stereocenters. The molecule has 0 saturated carbocycles. The van der Waals surface area contributed by atoms with Crippen LogP contribution in [0, 0.1) is 0 Å². The number of hydroxylamine groups is 2. The van der Waals surface area contributed by atoms with Crippen molar-refractivity contribution < 1.29 is 14.7 Å². The van der Waals surface area contributed by atoms with E-state index in [1.807, 2.05) is 44.2 Å². The van der Waals surface area contributed by atoms with Gasteiger partial charge < -0.3 is 5.11 Å². The number of β-amino-alcohol motifs (C(OH)–C–C–N with tert-alkyl or cyclic N) is 1. The lowest BCUT2D eigenvalue weighted by Gasteiger charge is -2.16. The molecule has 1 aliphatic heterocycles. The predicted octanol–water partition coefficient (Wildman–Crippen LogP) is 2.23. The number of aliphatic hydroxyl groups excluding tert-OH is 1. The second kappa shape index (κ2) is 8.46. The van der Waals surface area contributed by atoms with Crippen LogP contribution in [0.2, 0.25) is 0 Å². The van der Waals surface area contributed by atoms with Gasteiger partial charge in [-0.25, -0.2) is 9.86 Å². The SMILES string of the molecule is CC(C)n1c(=O)n(C)c(=O)c2c(C(=O)N3CC(O)CO3)c(Cc3ccnc4ccccc34)sc21. The average molecular weight is 481 g/mol. The minimum Gasteiger partial charge on any atom is -0.389 e. The fourth-order valence-corrected chi connectivity index (χ4v) is 5.79. The molecule has 0 spiro atoms. The molecule has 34 heavy (non-hydrogen) atoms. The Kier molecular flexibility index (Phi) is 5.59. The van der Waals surface area contributed by atoms with Crippen molar-refractivity contribution in [1.82, 2.24) is 19.2 Å². The maximum Gasteiger partial charge on any atom is 0.332 e. The Bertz CT molecular complexity index is 1550. The van der Waals surface area contributed by atoms with Crippen LogP contribution in [-0.4, -0.2) is 49.5 Å². The van der Waals surface area contributed by atoms with Gasteiger partial charge in [0.05, 0.1) is 23.0 Å². The van der Waals surface area contributed by atoms with E-state index >= 15 is 0 Å². The Morgan fingerprint density at radius 3 is 2.74 bits per heavy atom. The number of para-hydroxylation sites is 1. The number of hydrogen-bond donors (Lipinski definition) is 1. The molecule has 1 aromatic carbocycles. The van der Waals surface area contributed by atoms with Gasteiger partial charge in [-0.05, 0) is 31.5 Å². The van der Waals surface area contributed by atoms with Gasteiger partial charge in [0.15, 0.2) is 0 Å². The number of rotatable bonds is 4. The molecule has 4 heterocycles. The summed E-state index contributed by atoms with van der Waals surface area (Å²) in [6.45, 7) is 3.75.